The third-order valence-electron chi connectivity index (χ3n) is 5.53. The number of halogens is 3. The largest absolute Gasteiger partial charge is 0.416 e. The number of benzene rings is 2. The Bertz CT molecular complexity index is 1080. The highest BCUT2D eigenvalue weighted by Crippen LogP contribution is 2.30. The van der Waals surface area contributed by atoms with Gasteiger partial charge in [-0.15, -0.1) is 0 Å². The first kappa shape index (κ1) is 23.5. The summed E-state index contributed by atoms with van der Waals surface area (Å²) in [5.74, 6) is -0.564. The standard InChI is InChI=1S/C25H25F3N2O2/c1-17-7-12-21(16-18(17)2)30(23(31)24(3,32)22-6-4-5-14-29-22)15-13-19-8-10-20(11-9-19)25(26,27)28/h4-12,14,16,32H,13,15H2,1-3H3. The van der Waals surface area contributed by atoms with E-state index in [1.54, 1.807) is 24.3 Å². The second kappa shape index (κ2) is 9.12. The molecule has 3 rings (SSSR count). The Labute approximate surface area is 185 Å². The third kappa shape index (κ3) is 5.16. The zero-order valence-corrected chi connectivity index (χ0v) is 18.1. The van der Waals surface area contributed by atoms with E-state index in [1.165, 1.54) is 30.2 Å². The van der Waals surface area contributed by atoms with Gasteiger partial charge < -0.3 is 10.0 Å². The van der Waals surface area contributed by atoms with Gasteiger partial charge in [-0.05, 0) is 80.3 Å². The van der Waals surface area contributed by atoms with Crippen molar-refractivity contribution >= 4 is 11.6 Å². The van der Waals surface area contributed by atoms with Gasteiger partial charge in [0, 0.05) is 18.4 Å². The van der Waals surface area contributed by atoms with Crippen molar-refractivity contribution in [3.63, 3.8) is 0 Å². The van der Waals surface area contributed by atoms with Crippen LogP contribution in [0.4, 0.5) is 18.9 Å². The van der Waals surface area contributed by atoms with Crippen LogP contribution in [0, 0.1) is 13.8 Å². The fourth-order valence-corrected chi connectivity index (χ4v) is 3.37. The molecule has 0 aliphatic rings. The van der Waals surface area contributed by atoms with Gasteiger partial charge in [0.1, 0.15) is 0 Å². The number of aryl methyl sites for hydroxylation is 2. The van der Waals surface area contributed by atoms with Crippen LogP contribution >= 0.6 is 0 Å². The molecule has 7 heteroatoms. The van der Waals surface area contributed by atoms with Gasteiger partial charge in [0.15, 0.2) is 5.60 Å². The molecule has 0 bridgehead atoms. The number of aliphatic hydroxyl groups is 1. The summed E-state index contributed by atoms with van der Waals surface area (Å²) in [6.45, 7) is 5.45. The summed E-state index contributed by atoms with van der Waals surface area (Å²) in [4.78, 5) is 19.0. The monoisotopic (exact) mass is 442 g/mol. The average molecular weight is 442 g/mol. The minimum absolute atomic E-state index is 0.176. The fraction of sp³-hybridized carbons (Fsp3) is 0.280. The van der Waals surface area contributed by atoms with E-state index in [-0.39, 0.29) is 12.2 Å². The van der Waals surface area contributed by atoms with Gasteiger partial charge in [0.2, 0.25) is 0 Å². The van der Waals surface area contributed by atoms with Crippen molar-refractivity contribution in [3.8, 4) is 0 Å². The minimum atomic E-state index is -4.40. The zero-order valence-electron chi connectivity index (χ0n) is 18.1. The number of nitrogens with zero attached hydrogens (tertiary/aromatic N) is 2. The molecular formula is C25H25F3N2O2. The Hall–Kier alpha value is -3.19. The van der Waals surface area contributed by atoms with Crippen LogP contribution in [0.1, 0.15) is 34.9 Å². The number of aromatic nitrogens is 1. The minimum Gasteiger partial charge on any atom is -0.374 e. The molecule has 0 spiro atoms. The molecule has 0 saturated heterocycles. The smallest absolute Gasteiger partial charge is 0.374 e. The number of amides is 1. The Kier molecular flexibility index (Phi) is 6.69. The van der Waals surface area contributed by atoms with Crippen LogP contribution in [0.25, 0.3) is 0 Å². The maximum atomic E-state index is 13.5. The van der Waals surface area contributed by atoms with Crippen molar-refractivity contribution in [1.29, 1.82) is 0 Å². The number of carbonyl (C=O) groups excluding carboxylic acids is 1. The molecule has 1 heterocycles. The first-order valence-corrected chi connectivity index (χ1v) is 10.2. The van der Waals surface area contributed by atoms with Crippen molar-refractivity contribution in [2.24, 2.45) is 0 Å². The predicted molar refractivity (Wildman–Crippen MR) is 117 cm³/mol. The van der Waals surface area contributed by atoms with E-state index in [9.17, 15) is 23.1 Å². The van der Waals surface area contributed by atoms with Crippen molar-refractivity contribution in [3.05, 3.63) is 94.8 Å². The summed E-state index contributed by atoms with van der Waals surface area (Å²) in [5, 5.41) is 11.1. The number of rotatable bonds is 6. The summed E-state index contributed by atoms with van der Waals surface area (Å²) in [5.41, 5.74) is 0.904. The molecule has 2 aromatic carbocycles. The molecule has 0 saturated carbocycles. The van der Waals surface area contributed by atoms with Crippen LogP contribution < -0.4 is 4.90 Å². The normalized spacial score (nSPS) is 13.5. The Balaban J connectivity index is 1.90. The molecule has 1 atom stereocenters. The molecule has 1 N–H and O–H groups in total. The lowest BCUT2D eigenvalue weighted by Gasteiger charge is -2.31. The van der Waals surface area contributed by atoms with Gasteiger partial charge in [-0.1, -0.05) is 24.3 Å². The summed E-state index contributed by atoms with van der Waals surface area (Å²) in [6, 6.07) is 15.4. The molecule has 1 amide bonds. The molecule has 3 aromatic rings. The number of pyridine rings is 1. The van der Waals surface area contributed by atoms with Crippen molar-refractivity contribution in [2.75, 3.05) is 11.4 Å². The van der Waals surface area contributed by atoms with Crippen molar-refractivity contribution in [2.45, 2.75) is 39.0 Å². The number of hydrogen-bond acceptors (Lipinski definition) is 3. The lowest BCUT2D eigenvalue weighted by atomic mass is 9.98. The molecule has 1 aromatic heterocycles. The molecule has 0 radical (unpaired) electrons. The highest BCUT2D eigenvalue weighted by Gasteiger charge is 2.38. The quantitative estimate of drug-likeness (QED) is 0.571. The van der Waals surface area contributed by atoms with E-state index >= 15 is 0 Å². The van der Waals surface area contributed by atoms with Crippen LogP contribution in [0.15, 0.2) is 66.9 Å². The Morgan fingerprint density at radius 1 is 1.00 bits per heavy atom. The van der Waals surface area contributed by atoms with E-state index in [0.29, 0.717) is 17.7 Å². The van der Waals surface area contributed by atoms with E-state index in [2.05, 4.69) is 4.98 Å². The predicted octanol–water partition coefficient (Wildman–Crippen LogP) is 5.20. The van der Waals surface area contributed by atoms with Gasteiger partial charge in [0.25, 0.3) is 5.91 Å². The SMILES string of the molecule is Cc1ccc(N(CCc2ccc(C(F)(F)F)cc2)C(=O)C(C)(O)c2ccccn2)cc1C. The maximum absolute atomic E-state index is 13.5. The summed E-state index contributed by atoms with van der Waals surface area (Å²) < 4.78 is 38.5. The van der Waals surface area contributed by atoms with E-state index in [0.717, 1.165) is 23.3 Å². The number of carbonyl (C=O) groups is 1. The first-order valence-electron chi connectivity index (χ1n) is 10.2. The van der Waals surface area contributed by atoms with Crippen molar-refractivity contribution < 1.29 is 23.1 Å². The maximum Gasteiger partial charge on any atom is 0.416 e. The van der Waals surface area contributed by atoms with Gasteiger partial charge in [-0.2, -0.15) is 13.2 Å². The highest BCUT2D eigenvalue weighted by atomic mass is 19.4. The van der Waals surface area contributed by atoms with Crippen LogP contribution in [0.3, 0.4) is 0 Å². The van der Waals surface area contributed by atoms with Gasteiger partial charge >= 0.3 is 6.18 Å². The lowest BCUT2D eigenvalue weighted by molar-refractivity contribution is -0.137. The molecule has 0 fully saturated rings. The topological polar surface area (TPSA) is 53.4 Å². The number of hydrogen-bond donors (Lipinski definition) is 1. The molecule has 4 nitrogen and oxygen atoms in total. The molecule has 0 aliphatic carbocycles. The van der Waals surface area contributed by atoms with Crippen LogP contribution in [-0.4, -0.2) is 22.5 Å². The zero-order chi connectivity index (χ0) is 23.5. The first-order chi connectivity index (χ1) is 15.0. The second-order valence-electron chi connectivity index (χ2n) is 7.96. The Morgan fingerprint density at radius 2 is 1.69 bits per heavy atom. The Morgan fingerprint density at radius 3 is 2.25 bits per heavy atom. The summed E-state index contributed by atoms with van der Waals surface area (Å²) in [6.07, 6.45) is -2.59. The summed E-state index contributed by atoms with van der Waals surface area (Å²) in [7, 11) is 0. The van der Waals surface area contributed by atoms with Gasteiger partial charge in [-0.25, -0.2) is 0 Å². The second-order valence-corrected chi connectivity index (χ2v) is 7.96. The van der Waals surface area contributed by atoms with Crippen molar-refractivity contribution in [1.82, 2.24) is 4.98 Å². The van der Waals surface area contributed by atoms with Gasteiger partial charge in [-0.3, -0.25) is 9.78 Å². The van der Waals surface area contributed by atoms with E-state index in [1.807, 2.05) is 26.0 Å². The molecule has 168 valence electrons. The average Bonchev–Trinajstić information content (AvgIpc) is 2.76. The molecule has 0 aliphatic heterocycles. The molecule has 32 heavy (non-hydrogen) atoms. The highest BCUT2D eigenvalue weighted by molar-refractivity contribution is 5.99. The van der Waals surface area contributed by atoms with Gasteiger partial charge in [0.05, 0.1) is 11.3 Å². The lowest BCUT2D eigenvalue weighted by Crippen LogP contribution is -2.46. The van der Waals surface area contributed by atoms with Crippen LogP contribution in [0.2, 0.25) is 0 Å². The van der Waals surface area contributed by atoms with Crippen LogP contribution in [-0.2, 0) is 23.0 Å². The van der Waals surface area contributed by atoms with E-state index in [4.69, 9.17) is 0 Å². The van der Waals surface area contributed by atoms with Crippen LogP contribution in [0.5, 0.6) is 0 Å². The number of anilines is 1. The number of alkyl halides is 3. The fourth-order valence-electron chi connectivity index (χ4n) is 3.37. The molecule has 1 unspecified atom stereocenters. The summed E-state index contributed by atoms with van der Waals surface area (Å²) >= 11 is 0. The molecular weight excluding hydrogens is 417 g/mol. The van der Waals surface area contributed by atoms with E-state index < -0.39 is 23.2 Å². The third-order valence-corrected chi connectivity index (χ3v) is 5.53.